The van der Waals surface area contributed by atoms with Crippen molar-refractivity contribution in [1.82, 2.24) is 10.6 Å². The molecule has 5 nitrogen and oxygen atoms in total. The Hall–Kier alpha value is -0.620. The van der Waals surface area contributed by atoms with Crippen molar-refractivity contribution in [2.24, 2.45) is 5.92 Å². The highest BCUT2D eigenvalue weighted by Gasteiger charge is 2.31. The molecule has 104 valence electrons. The van der Waals surface area contributed by atoms with Crippen LogP contribution in [0.3, 0.4) is 0 Å². The third-order valence-corrected chi connectivity index (χ3v) is 5.73. The molecule has 1 amide bonds. The highest BCUT2D eigenvalue weighted by molar-refractivity contribution is 7.91. The van der Waals surface area contributed by atoms with Crippen LogP contribution in [-0.2, 0) is 14.6 Å². The van der Waals surface area contributed by atoms with Crippen LogP contribution in [0.25, 0.3) is 0 Å². The molecule has 0 saturated carbocycles. The van der Waals surface area contributed by atoms with E-state index >= 15 is 0 Å². The summed E-state index contributed by atoms with van der Waals surface area (Å²) in [6.45, 7) is 2.98. The van der Waals surface area contributed by atoms with E-state index in [-0.39, 0.29) is 35.4 Å². The molecule has 3 unspecified atom stereocenters. The van der Waals surface area contributed by atoms with Crippen LogP contribution in [0.15, 0.2) is 0 Å². The number of carbonyl (C=O) groups excluding carboxylic acids is 1. The second-order valence-corrected chi connectivity index (χ2v) is 7.68. The Morgan fingerprint density at radius 3 is 2.72 bits per heavy atom. The van der Waals surface area contributed by atoms with E-state index in [1.807, 2.05) is 6.92 Å². The average Bonchev–Trinajstić information content (AvgIpc) is 2.28. The first-order chi connectivity index (χ1) is 8.48. The van der Waals surface area contributed by atoms with Crippen molar-refractivity contribution in [1.29, 1.82) is 0 Å². The Labute approximate surface area is 109 Å². The highest BCUT2D eigenvalue weighted by Crippen LogP contribution is 2.18. The molecule has 2 N–H and O–H groups in total. The van der Waals surface area contributed by atoms with Crippen LogP contribution in [-0.4, -0.2) is 44.5 Å². The van der Waals surface area contributed by atoms with E-state index < -0.39 is 9.84 Å². The Morgan fingerprint density at radius 1 is 1.28 bits per heavy atom. The van der Waals surface area contributed by atoms with Gasteiger partial charge in [-0.15, -0.1) is 0 Å². The van der Waals surface area contributed by atoms with Gasteiger partial charge in [-0.1, -0.05) is 0 Å². The SMILES string of the molecule is CC1NCCCC1C(=O)NC1CCCS(=O)(=O)C1. The van der Waals surface area contributed by atoms with Gasteiger partial charge in [0.05, 0.1) is 17.4 Å². The zero-order valence-electron chi connectivity index (χ0n) is 10.8. The summed E-state index contributed by atoms with van der Waals surface area (Å²) in [5, 5.41) is 6.20. The molecule has 3 atom stereocenters. The minimum absolute atomic E-state index is 0.0109. The molecule has 6 heteroatoms. The molecule has 2 fully saturated rings. The molecular weight excluding hydrogens is 252 g/mol. The van der Waals surface area contributed by atoms with Gasteiger partial charge >= 0.3 is 0 Å². The third-order valence-electron chi connectivity index (χ3n) is 3.91. The zero-order chi connectivity index (χ0) is 13.2. The summed E-state index contributed by atoms with van der Waals surface area (Å²) in [4.78, 5) is 12.1. The molecule has 2 aliphatic rings. The predicted octanol–water partition coefficient (Wildman–Crippen LogP) is 0.0679. The number of carbonyl (C=O) groups is 1. The van der Waals surface area contributed by atoms with Crippen LogP contribution in [0.5, 0.6) is 0 Å². The number of piperidine rings is 1. The lowest BCUT2D eigenvalue weighted by Crippen LogP contribution is -2.51. The second kappa shape index (κ2) is 5.57. The first kappa shape index (κ1) is 13.8. The van der Waals surface area contributed by atoms with Crippen LogP contribution in [0.2, 0.25) is 0 Å². The van der Waals surface area contributed by atoms with E-state index in [2.05, 4.69) is 10.6 Å². The van der Waals surface area contributed by atoms with Crippen molar-refractivity contribution in [2.45, 2.75) is 44.7 Å². The summed E-state index contributed by atoms with van der Waals surface area (Å²) >= 11 is 0. The fourth-order valence-corrected chi connectivity index (χ4v) is 4.48. The van der Waals surface area contributed by atoms with Crippen molar-refractivity contribution >= 4 is 15.7 Å². The molecule has 0 radical (unpaired) electrons. The molecule has 0 spiro atoms. The topological polar surface area (TPSA) is 75.3 Å². The van der Waals surface area contributed by atoms with Gasteiger partial charge in [-0.25, -0.2) is 8.42 Å². The van der Waals surface area contributed by atoms with Gasteiger partial charge in [0.15, 0.2) is 9.84 Å². The Bertz CT molecular complexity index is 408. The standard InChI is InChI=1S/C12H22N2O3S/c1-9-11(5-2-6-13-9)12(15)14-10-4-3-7-18(16,17)8-10/h9-11,13H,2-8H2,1H3,(H,14,15). The Kier molecular flexibility index (Phi) is 4.27. The van der Waals surface area contributed by atoms with Gasteiger partial charge in [-0.05, 0) is 39.2 Å². The van der Waals surface area contributed by atoms with E-state index in [1.54, 1.807) is 0 Å². The van der Waals surface area contributed by atoms with Crippen LogP contribution >= 0.6 is 0 Å². The van der Waals surface area contributed by atoms with Gasteiger partial charge in [0.1, 0.15) is 0 Å². The van der Waals surface area contributed by atoms with Crippen LogP contribution < -0.4 is 10.6 Å². The van der Waals surface area contributed by atoms with Crippen molar-refractivity contribution in [3.05, 3.63) is 0 Å². The highest BCUT2D eigenvalue weighted by atomic mass is 32.2. The van der Waals surface area contributed by atoms with Gasteiger partial charge in [-0.3, -0.25) is 4.79 Å². The summed E-state index contributed by atoms with van der Waals surface area (Å²) in [6.07, 6.45) is 3.33. The zero-order valence-corrected chi connectivity index (χ0v) is 11.6. The summed E-state index contributed by atoms with van der Waals surface area (Å²) in [5.74, 6) is 0.355. The van der Waals surface area contributed by atoms with E-state index in [4.69, 9.17) is 0 Å². The average molecular weight is 274 g/mol. The number of amides is 1. The molecule has 0 aromatic heterocycles. The largest absolute Gasteiger partial charge is 0.352 e. The predicted molar refractivity (Wildman–Crippen MR) is 70.0 cm³/mol. The molecule has 2 rings (SSSR count). The first-order valence-electron chi connectivity index (χ1n) is 6.72. The molecule has 2 heterocycles. The van der Waals surface area contributed by atoms with Crippen LogP contribution in [0.4, 0.5) is 0 Å². The van der Waals surface area contributed by atoms with Crippen molar-refractivity contribution in [3.8, 4) is 0 Å². The molecule has 0 bridgehead atoms. The van der Waals surface area contributed by atoms with E-state index in [0.717, 1.165) is 25.8 Å². The Balaban J connectivity index is 1.90. The number of hydrogen-bond donors (Lipinski definition) is 2. The van der Waals surface area contributed by atoms with E-state index in [9.17, 15) is 13.2 Å². The number of hydrogen-bond acceptors (Lipinski definition) is 4. The van der Waals surface area contributed by atoms with Crippen molar-refractivity contribution in [2.75, 3.05) is 18.1 Å². The number of sulfone groups is 1. The van der Waals surface area contributed by atoms with Crippen molar-refractivity contribution in [3.63, 3.8) is 0 Å². The lowest BCUT2D eigenvalue weighted by Gasteiger charge is -2.31. The second-order valence-electron chi connectivity index (χ2n) is 5.45. The maximum atomic E-state index is 12.1. The molecule has 18 heavy (non-hydrogen) atoms. The molecular formula is C12H22N2O3S. The molecule has 2 saturated heterocycles. The molecule has 0 aromatic rings. The van der Waals surface area contributed by atoms with Gasteiger partial charge in [0, 0.05) is 12.1 Å². The monoisotopic (exact) mass is 274 g/mol. The lowest BCUT2D eigenvalue weighted by molar-refractivity contribution is -0.127. The van der Waals surface area contributed by atoms with Crippen molar-refractivity contribution < 1.29 is 13.2 Å². The van der Waals surface area contributed by atoms with E-state index in [1.165, 1.54) is 0 Å². The Morgan fingerprint density at radius 2 is 2.06 bits per heavy atom. The van der Waals surface area contributed by atoms with Gasteiger partial charge in [0.2, 0.25) is 5.91 Å². The van der Waals surface area contributed by atoms with Gasteiger partial charge in [0.25, 0.3) is 0 Å². The van der Waals surface area contributed by atoms with Crippen LogP contribution in [0, 0.1) is 5.92 Å². The minimum Gasteiger partial charge on any atom is -0.352 e. The maximum absolute atomic E-state index is 12.1. The molecule has 2 aliphatic heterocycles. The third kappa shape index (κ3) is 3.45. The maximum Gasteiger partial charge on any atom is 0.224 e. The first-order valence-corrected chi connectivity index (χ1v) is 8.54. The fourth-order valence-electron chi connectivity index (χ4n) is 2.85. The molecule has 0 aliphatic carbocycles. The fraction of sp³-hybridized carbons (Fsp3) is 0.917. The molecule has 0 aromatic carbocycles. The summed E-state index contributed by atoms with van der Waals surface area (Å²) in [5.41, 5.74) is 0. The smallest absolute Gasteiger partial charge is 0.224 e. The van der Waals surface area contributed by atoms with Crippen LogP contribution in [0.1, 0.15) is 32.6 Å². The minimum atomic E-state index is -2.95. The quantitative estimate of drug-likeness (QED) is 0.747. The number of rotatable bonds is 2. The van der Waals surface area contributed by atoms with Gasteiger partial charge in [-0.2, -0.15) is 0 Å². The van der Waals surface area contributed by atoms with Gasteiger partial charge < -0.3 is 10.6 Å². The normalized spacial score (nSPS) is 35.9. The summed E-state index contributed by atoms with van der Waals surface area (Å²) < 4.78 is 23.0. The van der Waals surface area contributed by atoms with E-state index in [0.29, 0.717) is 6.42 Å². The number of nitrogens with one attached hydrogen (secondary N) is 2. The summed E-state index contributed by atoms with van der Waals surface area (Å²) in [6, 6.07) is -0.00988. The summed E-state index contributed by atoms with van der Waals surface area (Å²) in [7, 11) is -2.95. The lowest BCUT2D eigenvalue weighted by atomic mass is 9.91.